The van der Waals surface area contributed by atoms with Gasteiger partial charge >= 0.3 is 0 Å². The minimum Gasteiger partial charge on any atom is -0.311 e. The Bertz CT molecular complexity index is 243. The zero-order valence-electron chi connectivity index (χ0n) is 10.9. The van der Waals surface area contributed by atoms with Crippen LogP contribution in [0.25, 0.3) is 0 Å². The second-order valence-electron chi connectivity index (χ2n) is 5.69. The fourth-order valence-corrected chi connectivity index (χ4v) is 2.78. The minimum absolute atomic E-state index is 0.714. The summed E-state index contributed by atoms with van der Waals surface area (Å²) in [6.07, 6.45) is 7.36. The Morgan fingerprint density at radius 1 is 1.38 bits per heavy atom. The van der Waals surface area contributed by atoms with E-state index in [0.717, 1.165) is 24.4 Å². The Balaban J connectivity index is 1.93. The van der Waals surface area contributed by atoms with Gasteiger partial charge in [-0.15, -0.1) is 0 Å². The summed E-state index contributed by atoms with van der Waals surface area (Å²) in [7, 11) is 0. The maximum Gasteiger partial charge on any atom is 0.0247 e. The lowest BCUT2D eigenvalue weighted by atomic mass is 9.97. The van der Waals surface area contributed by atoms with Crippen molar-refractivity contribution < 1.29 is 0 Å². The van der Waals surface area contributed by atoms with Crippen molar-refractivity contribution in [1.82, 2.24) is 10.2 Å². The van der Waals surface area contributed by atoms with Crippen LogP contribution in [0.1, 0.15) is 33.6 Å². The van der Waals surface area contributed by atoms with Gasteiger partial charge in [0.1, 0.15) is 0 Å². The summed E-state index contributed by atoms with van der Waals surface area (Å²) >= 11 is 0. The summed E-state index contributed by atoms with van der Waals surface area (Å²) in [5, 5.41) is 3.75. The molecule has 2 fully saturated rings. The number of piperazine rings is 1. The molecule has 2 aliphatic rings. The molecule has 1 saturated heterocycles. The minimum atomic E-state index is 0.714. The molecule has 0 aromatic rings. The van der Waals surface area contributed by atoms with E-state index in [0.29, 0.717) is 6.04 Å². The molecular formula is C14H26N2. The Labute approximate surface area is 100 Å². The lowest BCUT2D eigenvalue weighted by Crippen LogP contribution is -2.58. The molecule has 0 spiro atoms. The Morgan fingerprint density at radius 3 is 2.69 bits per heavy atom. The van der Waals surface area contributed by atoms with Crippen molar-refractivity contribution in [2.75, 3.05) is 19.6 Å². The molecule has 2 atom stereocenters. The lowest BCUT2D eigenvalue weighted by Gasteiger charge is -2.42. The standard InChI is InChI=1S/C14H26N2/c1-4-5-8-16-10-13(12-6-7-12)15-9-14(16)11(2)3/h4-5,11-15H,6-10H2,1-3H3/b5-4+. The van der Waals surface area contributed by atoms with Gasteiger partial charge in [0, 0.05) is 31.7 Å². The third-order valence-corrected chi connectivity index (χ3v) is 4.03. The Hall–Kier alpha value is -0.340. The van der Waals surface area contributed by atoms with Crippen molar-refractivity contribution in [3.8, 4) is 0 Å². The van der Waals surface area contributed by atoms with Crippen molar-refractivity contribution in [2.45, 2.75) is 45.7 Å². The summed E-state index contributed by atoms with van der Waals surface area (Å²) in [6.45, 7) is 10.3. The molecule has 1 N–H and O–H groups in total. The predicted octanol–water partition coefficient (Wildman–Crippen LogP) is 2.27. The summed E-state index contributed by atoms with van der Waals surface area (Å²) in [4.78, 5) is 2.67. The zero-order chi connectivity index (χ0) is 11.5. The van der Waals surface area contributed by atoms with E-state index in [4.69, 9.17) is 0 Å². The van der Waals surface area contributed by atoms with Crippen LogP contribution in [0.3, 0.4) is 0 Å². The van der Waals surface area contributed by atoms with E-state index in [1.165, 1.54) is 25.9 Å². The summed E-state index contributed by atoms with van der Waals surface area (Å²) in [6, 6.07) is 1.48. The average molecular weight is 222 g/mol. The first-order valence-corrected chi connectivity index (χ1v) is 6.81. The largest absolute Gasteiger partial charge is 0.311 e. The number of hydrogen-bond acceptors (Lipinski definition) is 2. The van der Waals surface area contributed by atoms with E-state index in [-0.39, 0.29) is 0 Å². The van der Waals surface area contributed by atoms with E-state index < -0.39 is 0 Å². The highest BCUT2D eigenvalue weighted by Crippen LogP contribution is 2.34. The van der Waals surface area contributed by atoms with Crippen molar-refractivity contribution >= 4 is 0 Å². The molecule has 2 nitrogen and oxygen atoms in total. The van der Waals surface area contributed by atoms with E-state index in [2.05, 4.69) is 43.1 Å². The van der Waals surface area contributed by atoms with Gasteiger partial charge in [-0.1, -0.05) is 26.0 Å². The van der Waals surface area contributed by atoms with Gasteiger partial charge in [-0.25, -0.2) is 0 Å². The fourth-order valence-electron chi connectivity index (χ4n) is 2.78. The topological polar surface area (TPSA) is 15.3 Å². The van der Waals surface area contributed by atoms with Gasteiger partial charge in [0.15, 0.2) is 0 Å². The quantitative estimate of drug-likeness (QED) is 0.734. The average Bonchev–Trinajstić information content (AvgIpc) is 3.09. The molecule has 0 radical (unpaired) electrons. The lowest BCUT2D eigenvalue weighted by molar-refractivity contribution is 0.105. The van der Waals surface area contributed by atoms with Crippen LogP contribution in [0, 0.1) is 11.8 Å². The molecule has 1 aliphatic carbocycles. The Kier molecular flexibility index (Phi) is 4.04. The summed E-state index contributed by atoms with van der Waals surface area (Å²) < 4.78 is 0. The molecule has 1 heterocycles. The zero-order valence-corrected chi connectivity index (χ0v) is 10.9. The first-order chi connectivity index (χ1) is 7.72. The van der Waals surface area contributed by atoms with Gasteiger partial charge in [-0.2, -0.15) is 0 Å². The van der Waals surface area contributed by atoms with Crippen molar-refractivity contribution in [2.24, 2.45) is 11.8 Å². The second kappa shape index (κ2) is 5.33. The van der Waals surface area contributed by atoms with E-state index in [1.54, 1.807) is 0 Å². The maximum absolute atomic E-state index is 3.75. The normalized spacial score (nSPS) is 32.8. The van der Waals surface area contributed by atoms with Crippen LogP contribution in [0.2, 0.25) is 0 Å². The number of rotatable bonds is 4. The molecule has 92 valence electrons. The first kappa shape index (κ1) is 12.1. The molecule has 0 amide bonds. The second-order valence-corrected chi connectivity index (χ2v) is 5.69. The van der Waals surface area contributed by atoms with Gasteiger partial charge in [0.2, 0.25) is 0 Å². The van der Waals surface area contributed by atoms with E-state index >= 15 is 0 Å². The number of nitrogens with zero attached hydrogens (tertiary/aromatic N) is 1. The molecule has 0 aromatic carbocycles. The van der Waals surface area contributed by atoms with E-state index in [9.17, 15) is 0 Å². The molecular weight excluding hydrogens is 196 g/mol. The molecule has 2 unspecified atom stereocenters. The fraction of sp³-hybridized carbons (Fsp3) is 0.857. The van der Waals surface area contributed by atoms with E-state index in [1.807, 2.05) is 0 Å². The highest BCUT2D eigenvalue weighted by atomic mass is 15.2. The van der Waals surface area contributed by atoms with Crippen LogP contribution in [-0.4, -0.2) is 36.6 Å². The molecule has 2 rings (SSSR count). The molecule has 0 bridgehead atoms. The third-order valence-electron chi connectivity index (χ3n) is 4.03. The third kappa shape index (κ3) is 2.86. The molecule has 16 heavy (non-hydrogen) atoms. The highest BCUT2D eigenvalue weighted by molar-refractivity contribution is 4.97. The molecule has 0 aromatic heterocycles. The molecule has 1 saturated carbocycles. The van der Waals surface area contributed by atoms with Gasteiger partial charge in [0.05, 0.1) is 0 Å². The Morgan fingerprint density at radius 2 is 2.12 bits per heavy atom. The predicted molar refractivity (Wildman–Crippen MR) is 69.5 cm³/mol. The van der Waals surface area contributed by atoms with Crippen molar-refractivity contribution in [1.29, 1.82) is 0 Å². The first-order valence-electron chi connectivity index (χ1n) is 6.81. The van der Waals surface area contributed by atoms with Crippen LogP contribution >= 0.6 is 0 Å². The van der Waals surface area contributed by atoms with Crippen molar-refractivity contribution in [3.05, 3.63) is 12.2 Å². The smallest absolute Gasteiger partial charge is 0.0247 e. The van der Waals surface area contributed by atoms with Gasteiger partial charge in [0.25, 0.3) is 0 Å². The monoisotopic (exact) mass is 222 g/mol. The summed E-state index contributed by atoms with van der Waals surface area (Å²) in [5.74, 6) is 1.72. The van der Waals surface area contributed by atoms with Crippen LogP contribution in [-0.2, 0) is 0 Å². The number of allylic oxidation sites excluding steroid dienone is 1. The molecule has 2 heteroatoms. The molecule has 1 aliphatic heterocycles. The van der Waals surface area contributed by atoms with Gasteiger partial charge < -0.3 is 5.32 Å². The van der Waals surface area contributed by atoms with Crippen molar-refractivity contribution in [3.63, 3.8) is 0 Å². The highest BCUT2D eigenvalue weighted by Gasteiger charge is 2.37. The van der Waals surface area contributed by atoms with Crippen LogP contribution in [0.5, 0.6) is 0 Å². The SMILES string of the molecule is C/C=C/CN1CC(C2CC2)NCC1C(C)C. The van der Waals surface area contributed by atoms with Crippen LogP contribution in [0.15, 0.2) is 12.2 Å². The van der Waals surface area contributed by atoms with Crippen LogP contribution < -0.4 is 5.32 Å². The maximum atomic E-state index is 3.75. The van der Waals surface area contributed by atoms with Crippen LogP contribution in [0.4, 0.5) is 0 Å². The summed E-state index contributed by atoms with van der Waals surface area (Å²) in [5.41, 5.74) is 0. The number of nitrogens with one attached hydrogen (secondary N) is 1. The number of hydrogen-bond donors (Lipinski definition) is 1. The van der Waals surface area contributed by atoms with Gasteiger partial charge in [-0.05, 0) is 31.6 Å². The van der Waals surface area contributed by atoms with Gasteiger partial charge in [-0.3, -0.25) is 4.90 Å².